The molecule has 2 amide bonds. The highest BCUT2D eigenvalue weighted by molar-refractivity contribution is 8.00. The summed E-state index contributed by atoms with van der Waals surface area (Å²) in [6, 6.07) is 5.90. The van der Waals surface area contributed by atoms with Crippen LogP contribution in [0.4, 0.5) is 4.39 Å². The number of aromatic nitrogens is 1. The van der Waals surface area contributed by atoms with Gasteiger partial charge in [-0.1, -0.05) is 18.2 Å². The Bertz CT molecular complexity index is 811. The van der Waals surface area contributed by atoms with Crippen molar-refractivity contribution >= 4 is 34.9 Å². The average Bonchev–Trinajstić information content (AvgIpc) is 3.02. The molecule has 1 saturated heterocycles. The molecule has 2 heterocycles. The zero-order valence-electron chi connectivity index (χ0n) is 14.6. The van der Waals surface area contributed by atoms with Crippen LogP contribution in [0.3, 0.4) is 0 Å². The topological polar surface area (TPSA) is 62.3 Å². The van der Waals surface area contributed by atoms with Crippen LogP contribution in [-0.4, -0.2) is 45.8 Å². The summed E-state index contributed by atoms with van der Waals surface area (Å²) < 4.78 is 13.8. The fourth-order valence-electron chi connectivity index (χ4n) is 2.81. The second-order valence-electron chi connectivity index (χ2n) is 6.23. The molecule has 0 radical (unpaired) electrons. The molecular weight excluding hydrogens is 373 g/mol. The number of hydrogen-bond donors (Lipinski definition) is 1. The molecule has 1 aliphatic heterocycles. The third-order valence-electron chi connectivity index (χ3n) is 4.18. The van der Waals surface area contributed by atoms with E-state index in [1.807, 2.05) is 12.3 Å². The molecule has 2 atom stereocenters. The van der Waals surface area contributed by atoms with Crippen molar-refractivity contribution < 1.29 is 14.0 Å². The number of nitrogens with one attached hydrogen (secondary N) is 1. The number of aryl methyl sites for hydroxylation is 1. The van der Waals surface area contributed by atoms with Crippen LogP contribution in [0.25, 0.3) is 0 Å². The maximum absolute atomic E-state index is 13.8. The molecule has 138 valence electrons. The highest BCUT2D eigenvalue weighted by Gasteiger charge is 2.34. The number of amides is 2. The second-order valence-corrected chi connectivity index (χ2v) is 8.53. The van der Waals surface area contributed by atoms with E-state index in [2.05, 4.69) is 10.3 Å². The minimum Gasteiger partial charge on any atom is -0.343 e. The Kier molecular flexibility index (Phi) is 5.93. The predicted molar refractivity (Wildman–Crippen MR) is 102 cm³/mol. The number of benzene rings is 1. The lowest BCUT2D eigenvalue weighted by atomic mass is 10.1. The first-order valence-electron chi connectivity index (χ1n) is 8.25. The van der Waals surface area contributed by atoms with Gasteiger partial charge in [0.1, 0.15) is 11.9 Å². The zero-order valence-corrected chi connectivity index (χ0v) is 16.2. The first kappa shape index (κ1) is 18.8. The van der Waals surface area contributed by atoms with Crippen molar-refractivity contribution in [3.05, 3.63) is 51.7 Å². The van der Waals surface area contributed by atoms with Gasteiger partial charge in [-0.3, -0.25) is 9.59 Å². The van der Waals surface area contributed by atoms with Gasteiger partial charge in [-0.15, -0.1) is 23.1 Å². The van der Waals surface area contributed by atoms with Gasteiger partial charge in [-0.25, -0.2) is 9.37 Å². The van der Waals surface area contributed by atoms with Crippen molar-refractivity contribution in [1.29, 1.82) is 0 Å². The van der Waals surface area contributed by atoms with E-state index < -0.39 is 6.04 Å². The van der Waals surface area contributed by atoms with Crippen molar-refractivity contribution in [2.75, 3.05) is 12.8 Å². The van der Waals surface area contributed by atoms with Gasteiger partial charge in [0.2, 0.25) is 11.8 Å². The number of thioether (sulfide) groups is 1. The summed E-state index contributed by atoms with van der Waals surface area (Å²) >= 11 is 2.94. The van der Waals surface area contributed by atoms with Crippen molar-refractivity contribution in [2.24, 2.45) is 0 Å². The Balaban J connectivity index is 1.56. The quantitative estimate of drug-likeness (QED) is 0.847. The molecule has 0 aliphatic carbocycles. The summed E-state index contributed by atoms with van der Waals surface area (Å²) in [5.41, 5.74) is 1.36. The maximum Gasteiger partial charge on any atom is 0.246 e. The van der Waals surface area contributed by atoms with Gasteiger partial charge in [0, 0.05) is 18.2 Å². The molecule has 1 aromatic heterocycles. The smallest absolute Gasteiger partial charge is 0.246 e. The van der Waals surface area contributed by atoms with Crippen LogP contribution in [-0.2, 0) is 22.6 Å². The number of thiazole rings is 1. The summed E-state index contributed by atoms with van der Waals surface area (Å²) in [5.74, 6) is -0.191. The van der Waals surface area contributed by atoms with Gasteiger partial charge < -0.3 is 10.2 Å². The van der Waals surface area contributed by atoms with E-state index in [9.17, 15) is 14.0 Å². The van der Waals surface area contributed by atoms with Gasteiger partial charge in [0.15, 0.2) is 0 Å². The molecule has 1 N–H and O–H groups in total. The molecule has 3 rings (SSSR count). The number of hydrogen-bond acceptors (Lipinski definition) is 5. The summed E-state index contributed by atoms with van der Waals surface area (Å²) in [4.78, 5) is 30.9. The van der Waals surface area contributed by atoms with Gasteiger partial charge >= 0.3 is 0 Å². The molecule has 2 aromatic rings. The Morgan fingerprint density at radius 2 is 2.19 bits per heavy atom. The second kappa shape index (κ2) is 8.18. The summed E-state index contributed by atoms with van der Waals surface area (Å²) in [6.45, 7) is 2.34. The van der Waals surface area contributed by atoms with E-state index in [1.165, 1.54) is 17.8 Å². The monoisotopic (exact) mass is 393 g/mol. The third-order valence-corrected chi connectivity index (χ3v) is 6.31. The van der Waals surface area contributed by atoms with Crippen molar-refractivity contribution in [3.8, 4) is 0 Å². The largest absolute Gasteiger partial charge is 0.343 e. The summed E-state index contributed by atoms with van der Waals surface area (Å²) in [5, 5.41) is 5.29. The van der Waals surface area contributed by atoms with E-state index in [0.29, 0.717) is 24.3 Å². The van der Waals surface area contributed by atoms with Crippen molar-refractivity contribution in [2.45, 2.75) is 31.2 Å². The lowest BCUT2D eigenvalue weighted by Gasteiger charge is -2.30. The van der Waals surface area contributed by atoms with Crippen LogP contribution in [0.15, 0.2) is 29.6 Å². The summed E-state index contributed by atoms with van der Waals surface area (Å²) in [7, 11) is 1.71. The van der Waals surface area contributed by atoms with Crippen LogP contribution in [0, 0.1) is 12.7 Å². The van der Waals surface area contributed by atoms with Crippen LogP contribution in [0.1, 0.15) is 16.3 Å². The van der Waals surface area contributed by atoms with Gasteiger partial charge in [0.05, 0.1) is 22.5 Å². The predicted octanol–water partition coefficient (Wildman–Crippen LogP) is 2.39. The Morgan fingerprint density at radius 3 is 2.85 bits per heavy atom. The molecule has 0 spiro atoms. The van der Waals surface area contributed by atoms with Gasteiger partial charge in [-0.2, -0.15) is 0 Å². The highest BCUT2D eigenvalue weighted by atomic mass is 32.2. The van der Waals surface area contributed by atoms with Crippen molar-refractivity contribution in [3.63, 3.8) is 0 Å². The normalized spacial score (nSPS) is 19.9. The lowest BCUT2D eigenvalue weighted by molar-refractivity contribution is -0.135. The van der Waals surface area contributed by atoms with Gasteiger partial charge in [-0.05, 0) is 25.0 Å². The fourth-order valence-corrected chi connectivity index (χ4v) is 4.58. The SMILES string of the molecule is Cc1nc(CN(C)C(=O)[C@H]2CS[C@H](Cc3ccccc3F)C(=O)N2)cs1. The Hall–Kier alpha value is -1.93. The standard InChI is InChI=1S/C18H20FN3O2S2/c1-11-20-13(9-25-11)8-22(2)18(24)15-10-26-16(17(23)21-15)7-12-5-3-4-6-14(12)19/h3-6,9,15-16H,7-8,10H2,1-2H3,(H,21,23)/t15-,16-/m1/s1. The number of carbonyl (C=O) groups is 2. The molecular formula is C18H20FN3O2S2. The van der Waals surface area contributed by atoms with E-state index in [-0.39, 0.29) is 22.9 Å². The molecule has 0 saturated carbocycles. The molecule has 8 heteroatoms. The number of rotatable bonds is 5. The fraction of sp³-hybridized carbons (Fsp3) is 0.389. The van der Waals surface area contributed by atoms with Crippen LogP contribution >= 0.6 is 23.1 Å². The molecule has 26 heavy (non-hydrogen) atoms. The van der Waals surface area contributed by atoms with Gasteiger partial charge in [0.25, 0.3) is 0 Å². The third kappa shape index (κ3) is 4.42. The minimum absolute atomic E-state index is 0.138. The number of carbonyl (C=O) groups excluding carboxylic acids is 2. The molecule has 0 unspecified atom stereocenters. The van der Waals surface area contributed by atoms with E-state index in [0.717, 1.165) is 10.7 Å². The van der Waals surface area contributed by atoms with Crippen molar-refractivity contribution in [1.82, 2.24) is 15.2 Å². The van der Waals surface area contributed by atoms with Crippen LogP contribution in [0.2, 0.25) is 0 Å². The number of nitrogens with zero attached hydrogens (tertiary/aromatic N) is 2. The average molecular weight is 394 g/mol. The maximum atomic E-state index is 13.8. The van der Waals surface area contributed by atoms with Crippen LogP contribution < -0.4 is 5.32 Å². The number of likely N-dealkylation sites (N-methyl/N-ethyl adjacent to an activating group) is 1. The van der Waals surface area contributed by atoms with E-state index >= 15 is 0 Å². The molecule has 1 fully saturated rings. The molecule has 1 aliphatic rings. The Labute approximate surface area is 160 Å². The minimum atomic E-state index is -0.561. The first-order valence-corrected chi connectivity index (χ1v) is 10.2. The lowest BCUT2D eigenvalue weighted by Crippen LogP contribution is -2.54. The van der Waals surface area contributed by atoms with E-state index in [1.54, 1.807) is 41.5 Å². The van der Waals surface area contributed by atoms with E-state index in [4.69, 9.17) is 0 Å². The summed E-state index contributed by atoms with van der Waals surface area (Å²) in [6.07, 6.45) is 0.317. The molecule has 5 nitrogen and oxygen atoms in total. The molecule has 0 bridgehead atoms. The number of halogens is 1. The zero-order chi connectivity index (χ0) is 18.7. The Morgan fingerprint density at radius 1 is 1.42 bits per heavy atom. The first-order chi connectivity index (χ1) is 12.4. The molecule has 1 aromatic carbocycles. The van der Waals surface area contributed by atoms with Crippen LogP contribution in [0.5, 0.6) is 0 Å². The highest BCUT2D eigenvalue weighted by Crippen LogP contribution is 2.24.